The number of hydrogen-bond donors (Lipinski definition) is 1. The molecule has 2 rings (SSSR count). The Labute approximate surface area is 111 Å². The molecule has 1 aromatic carbocycles. The minimum Gasteiger partial charge on any atom is -0.313 e. The summed E-state index contributed by atoms with van der Waals surface area (Å²) in [5, 5.41) is 3.13. The summed E-state index contributed by atoms with van der Waals surface area (Å²) in [5.41, 5.74) is 2.25. The van der Waals surface area contributed by atoms with Crippen molar-refractivity contribution in [2.45, 2.75) is 19.4 Å². The first kappa shape index (κ1) is 13.6. The highest BCUT2D eigenvalue weighted by molar-refractivity contribution is 5.27. The zero-order valence-electron chi connectivity index (χ0n) is 11.0. The first-order valence-corrected chi connectivity index (χ1v) is 6.14. The minimum atomic E-state index is -0.422. The summed E-state index contributed by atoms with van der Waals surface area (Å²) in [6.07, 6.45) is 2.10. The molecule has 1 heterocycles. The highest BCUT2D eigenvalue weighted by Crippen LogP contribution is 2.22. The summed E-state index contributed by atoms with van der Waals surface area (Å²) in [5.74, 6) is -0.808. The number of halogens is 2. The quantitative estimate of drug-likeness (QED) is 0.915. The third-order valence-corrected chi connectivity index (χ3v) is 3.20. The van der Waals surface area contributed by atoms with Crippen LogP contribution < -0.4 is 5.32 Å². The number of nitrogens with zero attached hydrogens (tertiary/aromatic N) is 1. The summed E-state index contributed by atoms with van der Waals surface area (Å²) in [4.78, 5) is 4.22. The van der Waals surface area contributed by atoms with E-state index >= 15 is 0 Å². The molecule has 0 saturated heterocycles. The van der Waals surface area contributed by atoms with Crippen LogP contribution in [0.4, 0.5) is 8.78 Å². The van der Waals surface area contributed by atoms with Gasteiger partial charge in [0.05, 0.1) is 0 Å². The van der Waals surface area contributed by atoms with Gasteiger partial charge < -0.3 is 5.32 Å². The van der Waals surface area contributed by atoms with Crippen LogP contribution in [0.2, 0.25) is 0 Å². The Kier molecular flexibility index (Phi) is 4.22. The predicted molar refractivity (Wildman–Crippen MR) is 70.8 cm³/mol. The van der Waals surface area contributed by atoms with Crippen LogP contribution in [0.5, 0.6) is 0 Å². The molecule has 0 bridgehead atoms. The molecule has 0 spiro atoms. The largest absolute Gasteiger partial charge is 0.313 e. The van der Waals surface area contributed by atoms with Crippen molar-refractivity contribution in [3.8, 4) is 0 Å². The van der Waals surface area contributed by atoms with E-state index in [1.165, 1.54) is 6.07 Å². The van der Waals surface area contributed by atoms with E-state index in [0.717, 1.165) is 23.4 Å². The average Bonchev–Trinajstić information content (AvgIpc) is 2.41. The van der Waals surface area contributed by atoms with Crippen LogP contribution in [0.15, 0.2) is 36.5 Å². The second-order valence-corrected chi connectivity index (χ2v) is 4.46. The van der Waals surface area contributed by atoms with Crippen LogP contribution in [0.3, 0.4) is 0 Å². The molecule has 1 aromatic heterocycles. The summed E-state index contributed by atoms with van der Waals surface area (Å²) < 4.78 is 26.9. The summed E-state index contributed by atoms with van der Waals surface area (Å²) in [6.45, 7) is 1.90. The molecule has 0 radical (unpaired) electrons. The number of likely N-dealkylation sites (N-methyl/N-ethyl adjacent to an activating group) is 1. The fourth-order valence-corrected chi connectivity index (χ4v) is 2.15. The van der Waals surface area contributed by atoms with Gasteiger partial charge in [-0.1, -0.05) is 6.07 Å². The third-order valence-electron chi connectivity index (χ3n) is 3.20. The zero-order chi connectivity index (χ0) is 13.8. The maximum absolute atomic E-state index is 13.7. The number of pyridine rings is 1. The van der Waals surface area contributed by atoms with E-state index in [0.29, 0.717) is 12.0 Å². The fraction of sp³-hybridized carbons (Fsp3) is 0.267. The lowest BCUT2D eigenvalue weighted by Crippen LogP contribution is -2.20. The molecule has 0 aliphatic carbocycles. The molecule has 2 nitrogen and oxygen atoms in total. The van der Waals surface area contributed by atoms with Gasteiger partial charge >= 0.3 is 0 Å². The van der Waals surface area contributed by atoms with E-state index in [4.69, 9.17) is 0 Å². The molecule has 0 amide bonds. The Balaban J connectivity index is 2.29. The Morgan fingerprint density at radius 1 is 1.26 bits per heavy atom. The molecule has 1 N–H and O–H groups in total. The van der Waals surface area contributed by atoms with Crippen molar-refractivity contribution in [2.75, 3.05) is 7.05 Å². The number of hydrogen-bond acceptors (Lipinski definition) is 2. The molecule has 0 aliphatic rings. The zero-order valence-corrected chi connectivity index (χ0v) is 11.0. The maximum Gasteiger partial charge on any atom is 0.126 e. The number of benzene rings is 1. The summed E-state index contributed by atoms with van der Waals surface area (Å²) >= 11 is 0. The van der Waals surface area contributed by atoms with Gasteiger partial charge in [0, 0.05) is 17.9 Å². The maximum atomic E-state index is 13.7. The Hall–Kier alpha value is -1.81. The van der Waals surface area contributed by atoms with Crippen LogP contribution in [-0.4, -0.2) is 12.0 Å². The molecule has 0 aliphatic heterocycles. The first-order chi connectivity index (χ1) is 9.11. The topological polar surface area (TPSA) is 24.9 Å². The average molecular weight is 262 g/mol. The van der Waals surface area contributed by atoms with Crippen molar-refractivity contribution in [1.29, 1.82) is 0 Å². The molecular weight excluding hydrogens is 246 g/mol. The Morgan fingerprint density at radius 3 is 2.74 bits per heavy atom. The van der Waals surface area contributed by atoms with Gasteiger partial charge in [0.15, 0.2) is 0 Å². The van der Waals surface area contributed by atoms with Gasteiger partial charge in [-0.05, 0) is 55.8 Å². The van der Waals surface area contributed by atoms with E-state index in [2.05, 4.69) is 10.3 Å². The standard InChI is InChI=1S/C15H16F2N2/c1-10-13(4-3-7-19-10)15(18-2)9-11-8-12(16)5-6-14(11)17/h3-8,15,18H,9H2,1-2H3. The van der Waals surface area contributed by atoms with Crippen LogP contribution in [-0.2, 0) is 6.42 Å². The monoisotopic (exact) mass is 262 g/mol. The van der Waals surface area contributed by atoms with Gasteiger partial charge in [0.2, 0.25) is 0 Å². The summed E-state index contributed by atoms with van der Waals surface area (Å²) in [7, 11) is 1.80. The normalized spacial score (nSPS) is 12.4. The number of aromatic nitrogens is 1. The third kappa shape index (κ3) is 3.15. The van der Waals surface area contributed by atoms with Gasteiger partial charge in [0.1, 0.15) is 11.6 Å². The second kappa shape index (κ2) is 5.89. The molecule has 19 heavy (non-hydrogen) atoms. The number of rotatable bonds is 4. The molecule has 1 unspecified atom stereocenters. The predicted octanol–water partition coefficient (Wildman–Crippen LogP) is 3.17. The van der Waals surface area contributed by atoms with Crippen LogP contribution in [0.1, 0.15) is 22.9 Å². The van der Waals surface area contributed by atoms with E-state index < -0.39 is 5.82 Å². The van der Waals surface area contributed by atoms with Crippen molar-refractivity contribution in [1.82, 2.24) is 10.3 Å². The lowest BCUT2D eigenvalue weighted by Gasteiger charge is -2.18. The van der Waals surface area contributed by atoms with Gasteiger partial charge in [0.25, 0.3) is 0 Å². The van der Waals surface area contributed by atoms with E-state index in [-0.39, 0.29) is 11.9 Å². The molecule has 100 valence electrons. The van der Waals surface area contributed by atoms with Crippen molar-refractivity contribution >= 4 is 0 Å². The second-order valence-electron chi connectivity index (χ2n) is 4.46. The van der Waals surface area contributed by atoms with Gasteiger partial charge in [-0.3, -0.25) is 4.98 Å². The highest BCUT2D eigenvalue weighted by atomic mass is 19.1. The Bertz CT molecular complexity index is 570. The van der Waals surface area contributed by atoms with Crippen molar-refractivity contribution in [3.05, 3.63) is 65.0 Å². The van der Waals surface area contributed by atoms with E-state index in [1.54, 1.807) is 13.2 Å². The smallest absolute Gasteiger partial charge is 0.126 e. The van der Waals surface area contributed by atoms with Crippen LogP contribution in [0, 0.1) is 18.6 Å². The highest BCUT2D eigenvalue weighted by Gasteiger charge is 2.15. The van der Waals surface area contributed by atoms with E-state index in [1.807, 2.05) is 19.1 Å². The SMILES string of the molecule is CNC(Cc1cc(F)ccc1F)c1cccnc1C. The number of aryl methyl sites for hydroxylation is 1. The van der Waals surface area contributed by atoms with Gasteiger partial charge in [-0.15, -0.1) is 0 Å². The molecule has 4 heteroatoms. The number of nitrogens with one attached hydrogen (secondary N) is 1. The van der Waals surface area contributed by atoms with Crippen LogP contribution >= 0.6 is 0 Å². The minimum absolute atomic E-state index is 0.0926. The van der Waals surface area contributed by atoms with Crippen molar-refractivity contribution in [3.63, 3.8) is 0 Å². The van der Waals surface area contributed by atoms with Crippen molar-refractivity contribution < 1.29 is 8.78 Å². The first-order valence-electron chi connectivity index (χ1n) is 6.14. The molecule has 1 atom stereocenters. The fourth-order valence-electron chi connectivity index (χ4n) is 2.15. The molecular formula is C15H16F2N2. The summed E-state index contributed by atoms with van der Waals surface area (Å²) in [6, 6.07) is 7.22. The van der Waals surface area contributed by atoms with Crippen molar-refractivity contribution in [2.24, 2.45) is 0 Å². The molecule has 0 fully saturated rings. The van der Waals surface area contributed by atoms with Gasteiger partial charge in [-0.25, -0.2) is 8.78 Å². The Morgan fingerprint density at radius 2 is 2.05 bits per heavy atom. The molecule has 2 aromatic rings. The van der Waals surface area contributed by atoms with E-state index in [9.17, 15) is 8.78 Å². The molecule has 0 saturated carbocycles. The van der Waals surface area contributed by atoms with Crippen LogP contribution in [0.25, 0.3) is 0 Å². The van der Waals surface area contributed by atoms with Gasteiger partial charge in [-0.2, -0.15) is 0 Å². The lowest BCUT2D eigenvalue weighted by atomic mass is 9.97. The lowest BCUT2D eigenvalue weighted by molar-refractivity contribution is 0.541.